The van der Waals surface area contributed by atoms with Gasteiger partial charge in [-0.15, -0.1) is 12.3 Å². The summed E-state index contributed by atoms with van der Waals surface area (Å²) < 4.78 is 5.07. The number of carbonyl (C=O) groups excluding carboxylic acids is 1. The summed E-state index contributed by atoms with van der Waals surface area (Å²) >= 11 is 0. The summed E-state index contributed by atoms with van der Waals surface area (Å²) in [4.78, 5) is 26.4. The van der Waals surface area contributed by atoms with Gasteiger partial charge in [0, 0.05) is 13.3 Å². The van der Waals surface area contributed by atoms with Gasteiger partial charge in [-0.2, -0.15) is 0 Å². The summed E-state index contributed by atoms with van der Waals surface area (Å²) in [5.74, 6) is 0.710. The standard InChI is InChI=1S/C11H12N2O4/c1-4-5-8(11(15)16)13-10(14)9-6(2)12-7(3)17-9/h1,8H,5H2,2-3H3,(H,13,14)(H,15,16). The van der Waals surface area contributed by atoms with Crippen molar-refractivity contribution in [1.82, 2.24) is 10.3 Å². The second-order valence-corrected chi connectivity index (χ2v) is 3.42. The maximum absolute atomic E-state index is 11.7. The third-order valence-electron chi connectivity index (χ3n) is 2.04. The Morgan fingerprint density at radius 1 is 1.59 bits per heavy atom. The number of oxazole rings is 1. The van der Waals surface area contributed by atoms with Crippen molar-refractivity contribution in [2.45, 2.75) is 26.3 Å². The average Bonchev–Trinajstić information content (AvgIpc) is 2.57. The molecule has 0 saturated heterocycles. The van der Waals surface area contributed by atoms with Gasteiger partial charge in [-0.3, -0.25) is 4.79 Å². The van der Waals surface area contributed by atoms with E-state index in [0.717, 1.165) is 0 Å². The summed E-state index contributed by atoms with van der Waals surface area (Å²) in [7, 11) is 0. The molecule has 0 spiro atoms. The number of hydrogen-bond donors (Lipinski definition) is 2. The van der Waals surface area contributed by atoms with Gasteiger partial charge in [-0.05, 0) is 6.92 Å². The first-order chi connectivity index (χ1) is 7.95. The number of aliphatic carboxylic acids is 1. The third kappa shape index (κ3) is 3.08. The molecule has 0 bridgehead atoms. The molecule has 90 valence electrons. The zero-order valence-electron chi connectivity index (χ0n) is 9.48. The number of carbonyl (C=O) groups is 2. The fraction of sp³-hybridized carbons (Fsp3) is 0.364. The Labute approximate surface area is 98.0 Å². The molecule has 0 aliphatic heterocycles. The number of aryl methyl sites for hydroxylation is 2. The smallest absolute Gasteiger partial charge is 0.327 e. The van der Waals surface area contributed by atoms with Crippen molar-refractivity contribution in [2.24, 2.45) is 0 Å². The normalized spacial score (nSPS) is 11.6. The maximum Gasteiger partial charge on any atom is 0.327 e. The van der Waals surface area contributed by atoms with Crippen molar-refractivity contribution in [1.29, 1.82) is 0 Å². The molecule has 1 amide bonds. The van der Waals surface area contributed by atoms with Crippen LogP contribution in [0.1, 0.15) is 28.6 Å². The van der Waals surface area contributed by atoms with Crippen LogP contribution in [0.4, 0.5) is 0 Å². The predicted octanol–water partition coefficient (Wildman–Crippen LogP) is 0.498. The lowest BCUT2D eigenvalue weighted by Crippen LogP contribution is -2.40. The number of rotatable bonds is 4. The second-order valence-electron chi connectivity index (χ2n) is 3.42. The van der Waals surface area contributed by atoms with Gasteiger partial charge in [-0.25, -0.2) is 9.78 Å². The molecule has 1 rings (SSSR count). The first-order valence-electron chi connectivity index (χ1n) is 4.87. The van der Waals surface area contributed by atoms with Gasteiger partial charge in [0.25, 0.3) is 5.91 Å². The van der Waals surface area contributed by atoms with Gasteiger partial charge in [0.2, 0.25) is 5.76 Å². The molecule has 1 heterocycles. The first-order valence-corrected chi connectivity index (χ1v) is 4.87. The van der Waals surface area contributed by atoms with Gasteiger partial charge in [0.1, 0.15) is 6.04 Å². The predicted molar refractivity (Wildman–Crippen MR) is 58.3 cm³/mol. The minimum absolute atomic E-state index is 0.00534. The van der Waals surface area contributed by atoms with Gasteiger partial charge in [-0.1, -0.05) is 0 Å². The topological polar surface area (TPSA) is 92.4 Å². The van der Waals surface area contributed by atoms with Crippen LogP contribution in [-0.4, -0.2) is 28.0 Å². The van der Waals surface area contributed by atoms with Gasteiger partial charge < -0.3 is 14.8 Å². The largest absolute Gasteiger partial charge is 0.480 e. The SMILES string of the molecule is C#CCC(NC(=O)c1oc(C)nc1C)C(=O)O. The van der Waals surface area contributed by atoms with Crippen molar-refractivity contribution in [3.63, 3.8) is 0 Å². The van der Waals surface area contributed by atoms with Crippen LogP contribution in [-0.2, 0) is 4.79 Å². The molecule has 6 heteroatoms. The van der Waals surface area contributed by atoms with E-state index in [9.17, 15) is 9.59 Å². The summed E-state index contributed by atoms with van der Waals surface area (Å²) in [6.45, 7) is 3.20. The highest BCUT2D eigenvalue weighted by molar-refractivity contribution is 5.95. The molecule has 17 heavy (non-hydrogen) atoms. The van der Waals surface area contributed by atoms with E-state index in [1.54, 1.807) is 13.8 Å². The van der Waals surface area contributed by atoms with E-state index in [4.69, 9.17) is 15.9 Å². The Hall–Kier alpha value is -2.29. The molecule has 1 aromatic heterocycles. The lowest BCUT2D eigenvalue weighted by Gasteiger charge is -2.10. The maximum atomic E-state index is 11.7. The molecule has 6 nitrogen and oxygen atoms in total. The van der Waals surface area contributed by atoms with Gasteiger partial charge in [0.05, 0.1) is 5.69 Å². The minimum atomic E-state index is -1.19. The molecule has 0 radical (unpaired) electrons. The van der Waals surface area contributed by atoms with Crippen molar-refractivity contribution in [3.8, 4) is 12.3 Å². The number of carboxylic acid groups (broad SMARTS) is 1. The number of carboxylic acids is 1. The summed E-state index contributed by atoms with van der Waals surface area (Å²) in [5, 5.41) is 11.1. The fourth-order valence-electron chi connectivity index (χ4n) is 1.28. The highest BCUT2D eigenvalue weighted by atomic mass is 16.4. The lowest BCUT2D eigenvalue weighted by atomic mass is 10.2. The highest BCUT2D eigenvalue weighted by Crippen LogP contribution is 2.09. The average molecular weight is 236 g/mol. The lowest BCUT2D eigenvalue weighted by molar-refractivity contribution is -0.139. The number of aromatic nitrogens is 1. The Bertz CT molecular complexity index is 484. The Balaban J connectivity index is 2.81. The summed E-state index contributed by atoms with van der Waals surface area (Å²) in [5.41, 5.74) is 0.407. The molecule has 1 atom stereocenters. The second kappa shape index (κ2) is 5.16. The summed E-state index contributed by atoms with van der Waals surface area (Å²) in [6.07, 6.45) is 4.93. The van der Waals surface area contributed by atoms with Crippen LogP contribution in [0.5, 0.6) is 0 Å². The van der Waals surface area contributed by atoms with Crippen LogP contribution in [0.3, 0.4) is 0 Å². The van der Waals surface area contributed by atoms with Crippen LogP contribution < -0.4 is 5.32 Å². The van der Waals surface area contributed by atoms with Gasteiger partial charge >= 0.3 is 5.97 Å². The highest BCUT2D eigenvalue weighted by Gasteiger charge is 2.23. The van der Waals surface area contributed by atoms with E-state index in [1.807, 2.05) is 0 Å². The number of terminal acetylenes is 1. The number of nitrogens with zero attached hydrogens (tertiary/aromatic N) is 1. The zero-order valence-corrected chi connectivity index (χ0v) is 9.48. The molecular formula is C11H12N2O4. The number of nitrogens with one attached hydrogen (secondary N) is 1. The van der Waals surface area contributed by atoms with E-state index in [0.29, 0.717) is 11.6 Å². The van der Waals surface area contributed by atoms with Crippen LogP contribution in [0.15, 0.2) is 4.42 Å². The first kappa shape index (κ1) is 12.8. The van der Waals surface area contributed by atoms with Crippen molar-refractivity contribution < 1.29 is 19.1 Å². The molecule has 1 unspecified atom stereocenters. The van der Waals surface area contributed by atoms with E-state index >= 15 is 0 Å². The van der Waals surface area contributed by atoms with E-state index in [1.165, 1.54) is 0 Å². The van der Waals surface area contributed by atoms with Crippen LogP contribution in [0.2, 0.25) is 0 Å². The van der Waals surface area contributed by atoms with E-state index in [-0.39, 0.29) is 12.2 Å². The van der Waals surface area contributed by atoms with E-state index in [2.05, 4.69) is 16.2 Å². The number of amides is 1. The van der Waals surface area contributed by atoms with Crippen LogP contribution in [0.25, 0.3) is 0 Å². The summed E-state index contributed by atoms with van der Waals surface area (Å²) in [6, 6.07) is -1.13. The molecule has 0 aromatic carbocycles. The Kier molecular flexibility index (Phi) is 3.88. The minimum Gasteiger partial charge on any atom is -0.480 e. The molecule has 1 aromatic rings. The van der Waals surface area contributed by atoms with Crippen molar-refractivity contribution in [3.05, 3.63) is 17.3 Å². The molecule has 0 aliphatic carbocycles. The van der Waals surface area contributed by atoms with Crippen molar-refractivity contribution in [2.75, 3.05) is 0 Å². The third-order valence-corrected chi connectivity index (χ3v) is 2.04. The zero-order chi connectivity index (χ0) is 13.0. The molecule has 0 saturated carbocycles. The number of hydrogen-bond acceptors (Lipinski definition) is 4. The molecule has 0 aliphatic rings. The Morgan fingerprint density at radius 3 is 2.65 bits per heavy atom. The van der Waals surface area contributed by atoms with Crippen LogP contribution in [0, 0.1) is 26.2 Å². The molecule has 0 fully saturated rings. The van der Waals surface area contributed by atoms with Crippen molar-refractivity contribution >= 4 is 11.9 Å². The molecular weight excluding hydrogens is 224 g/mol. The fourth-order valence-corrected chi connectivity index (χ4v) is 1.28. The van der Waals surface area contributed by atoms with Gasteiger partial charge in [0.15, 0.2) is 5.89 Å². The monoisotopic (exact) mass is 236 g/mol. The quantitative estimate of drug-likeness (QED) is 0.742. The van der Waals surface area contributed by atoms with Crippen LogP contribution >= 0.6 is 0 Å². The Morgan fingerprint density at radius 2 is 2.24 bits per heavy atom. The molecule has 2 N–H and O–H groups in total. The van der Waals surface area contributed by atoms with E-state index < -0.39 is 17.9 Å².